The molecule has 2 saturated heterocycles. The van der Waals surface area contributed by atoms with Crippen LogP contribution in [0.3, 0.4) is 0 Å². The van der Waals surface area contributed by atoms with E-state index in [1.54, 1.807) is 19.1 Å². The molecular formula is C28H23ClFN3O6. The number of phenolic OH excluding ortho intramolecular Hbond substituents is 1. The van der Waals surface area contributed by atoms with E-state index in [0.29, 0.717) is 16.0 Å². The Bertz CT molecular complexity index is 1540. The second kappa shape index (κ2) is 8.47. The van der Waals surface area contributed by atoms with Crippen molar-refractivity contribution < 1.29 is 33.5 Å². The number of carbonyl (C=O) groups is 5. The van der Waals surface area contributed by atoms with Crippen molar-refractivity contribution >= 4 is 46.9 Å². The number of fused-ring (bicyclic) bond motifs is 4. The van der Waals surface area contributed by atoms with Crippen molar-refractivity contribution in [3.05, 3.63) is 70.5 Å². The van der Waals surface area contributed by atoms with Crippen molar-refractivity contribution in [2.24, 2.45) is 34.8 Å². The zero-order valence-corrected chi connectivity index (χ0v) is 21.4. The number of nitrogens with two attached hydrogens (primary N) is 1. The summed E-state index contributed by atoms with van der Waals surface area (Å²) in [5, 5.41) is 10.1. The minimum atomic E-state index is -1.34. The van der Waals surface area contributed by atoms with Gasteiger partial charge in [-0.1, -0.05) is 35.4 Å². The van der Waals surface area contributed by atoms with Crippen molar-refractivity contribution in [3.63, 3.8) is 0 Å². The minimum absolute atomic E-state index is 0.0463. The number of likely N-dealkylation sites (tertiary alicyclic amines) is 1. The third-order valence-corrected chi connectivity index (χ3v) is 9.15. The number of hydrogen-bond acceptors (Lipinski definition) is 6. The summed E-state index contributed by atoms with van der Waals surface area (Å²) in [7, 11) is 0. The molecular weight excluding hydrogens is 529 g/mol. The number of allylic oxidation sites excluding steroid dienone is 2. The molecule has 4 aliphatic rings. The van der Waals surface area contributed by atoms with Gasteiger partial charge in [0.2, 0.25) is 23.6 Å². The molecule has 6 unspecified atom stereocenters. The maximum absolute atomic E-state index is 14.2. The largest absolute Gasteiger partial charge is 0.508 e. The number of hydrogen-bond donors (Lipinski definition) is 2. The van der Waals surface area contributed by atoms with Gasteiger partial charge in [-0.05, 0) is 61.6 Å². The van der Waals surface area contributed by atoms with Gasteiger partial charge < -0.3 is 10.8 Å². The van der Waals surface area contributed by atoms with Crippen LogP contribution >= 0.6 is 11.6 Å². The van der Waals surface area contributed by atoms with Gasteiger partial charge >= 0.3 is 6.03 Å². The van der Waals surface area contributed by atoms with E-state index in [0.717, 1.165) is 11.0 Å². The number of primary amides is 1. The lowest BCUT2D eigenvalue weighted by Crippen LogP contribution is -2.49. The predicted molar refractivity (Wildman–Crippen MR) is 136 cm³/mol. The van der Waals surface area contributed by atoms with Crippen LogP contribution in [0.1, 0.15) is 31.2 Å². The highest BCUT2D eigenvalue weighted by molar-refractivity contribution is 6.31. The molecule has 6 amide bonds. The summed E-state index contributed by atoms with van der Waals surface area (Å²) in [5.74, 6) is -7.24. The SMILES string of the molecule is CC12C(=O)N(c3ccc(F)c(Cl)c3)C(=O)C1CC1C(=CCC3C(=O)N(C(N)=O)C(=O)C31)C2c1cccc(O)c1. The molecule has 2 aromatic carbocycles. The summed E-state index contributed by atoms with van der Waals surface area (Å²) >= 11 is 5.97. The highest BCUT2D eigenvalue weighted by Gasteiger charge is 2.67. The van der Waals surface area contributed by atoms with Gasteiger partial charge in [-0.25, -0.2) is 14.1 Å². The highest BCUT2D eigenvalue weighted by Crippen LogP contribution is 2.63. The van der Waals surface area contributed by atoms with Gasteiger partial charge in [0.05, 0.1) is 33.9 Å². The highest BCUT2D eigenvalue weighted by atomic mass is 35.5. The van der Waals surface area contributed by atoms with Crippen molar-refractivity contribution in [1.82, 2.24) is 4.90 Å². The first-order valence-electron chi connectivity index (χ1n) is 12.5. The molecule has 6 atom stereocenters. The molecule has 2 aliphatic carbocycles. The predicted octanol–water partition coefficient (Wildman–Crippen LogP) is 3.49. The number of benzene rings is 2. The van der Waals surface area contributed by atoms with E-state index in [2.05, 4.69) is 0 Å². The van der Waals surface area contributed by atoms with Crippen LogP contribution in [0.25, 0.3) is 0 Å². The normalized spacial score (nSPS) is 31.7. The van der Waals surface area contributed by atoms with E-state index >= 15 is 0 Å². The van der Waals surface area contributed by atoms with E-state index in [1.807, 2.05) is 6.08 Å². The van der Waals surface area contributed by atoms with Gasteiger partial charge in [0.25, 0.3) is 0 Å². The van der Waals surface area contributed by atoms with Gasteiger partial charge in [0.1, 0.15) is 11.6 Å². The Hall–Kier alpha value is -4.05. The van der Waals surface area contributed by atoms with Crippen LogP contribution in [-0.4, -0.2) is 39.7 Å². The summed E-state index contributed by atoms with van der Waals surface area (Å²) in [6.45, 7) is 1.68. The Morgan fingerprint density at radius 1 is 1.08 bits per heavy atom. The molecule has 1 saturated carbocycles. The lowest BCUT2D eigenvalue weighted by Gasteiger charge is -2.49. The van der Waals surface area contributed by atoms with Crippen LogP contribution in [0.2, 0.25) is 5.02 Å². The molecule has 2 aromatic rings. The minimum Gasteiger partial charge on any atom is -0.508 e. The lowest BCUT2D eigenvalue weighted by atomic mass is 9.51. The fraction of sp³-hybridized carbons (Fsp3) is 0.321. The van der Waals surface area contributed by atoms with E-state index in [9.17, 15) is 33.5 Å². The number of halogens is 2. The van der Waals surface area contributed by atoms with Crippen molar-refractivity contribution in [2.75, 3.05) is 4.90 Å². The van der Waals surface area contributed by atoms with Crippen LogP contribution < -0.4 is 10.6 Å². The molecule has 3 fully saturated rings. The fourth-order valence-corrected chi connectivity index (χ4v) is 7.36. The average Bonchev–Trinajstić information content (AvgIpc) is 3.25. The number of anilines is 1. The van der Waals surface area contributed by atoms with Crippen LogP contribution in [0.5, 0.6) is 5.75 Å². The molecule has 0 spiro atoms. The number of urea groups is 1. The van der Waals surface area contributed by atoms with Gasteiger partial charge in [-0.15, -0.1) is 0 Å². The number of phenols is 1. The smallest absolute Gasteiger partial charge is 0.328 e. The Balaban J connectivity index is 1.52. The molecule has 11 heteroatoms. The fourth-order valence-electron chi connectivity index (χ4n) is 7.19. The van der Waals surface area contributed by atoms with E-state index in [1.165, 1.54) is 24.3 Å². The third kappa shape index (κ3) is 3.33. The number of nitrogens with zero attached hydrogens (tertiary/aromatic N) is 2. The molecule has 2 heterocycles. The number of imide groups is 4. The Kier molecular flexibility index (Phi) is 5.48. The van der Waals surface area contributed by atoms with Gasteiger partial charge in [0.15, 0.2) is 0 Å². The molecule has 200 valence electrons. The molecule has 39 heavy (non-hydrogen) atoms. The van der Waals surface area contributed by atoms with E-state index in [4.69, 9.17) is 17.3 Å². The van der Waals surface area contributed by atoms with Gasteiger partial charge in [-0.3, -0.25) is 19.2 Å². The Labute approximate surface area is 227 Å². The van der Waals surface area contributed by atoms with E-state index in [-0.39, 0.29) is 29.3 Å². The summed E-state index contributed by atoms with van der Waals surface area (Å²) < 4.78 is 13.9. The second-order valence-corrected chi connectivity index (χ2v) is 11.1. The first-order valence-corrected chi connectivity index (χ1v) is 12.8. The van der Waals surface area contributed by atoms with Crippen molar-refractivity contribution in [3.8, 4) is 5.75 Å². The molecule has 3 N–H and O–H groups in total. The quantitative estimate of drug-likeness (QED) is 0.433. The molecule has 6 rings (SSSR count). The first-order chi connectivity index (χ1) is 18.5. The molecule has 0 radical (unpaired) electrons. The van der Waals surface area contributed by atoms with Crippen LogP contribution in [0.4, 0.5) is 14.9 Å². The van der Waals surface area contributed by atoms with Crippen LogP contribution in [-0.2, 0) is 19.2 Å². The summed E-state index contributed by atoms with van der Waals surface area (Å²) in [4.78, 5) is 67.8. The summed E-state index contributed by atoms with van der Waals surface area (Å²) in [6.07, 6.45) is 2.04. The Morgan fingerprint density at radius 3 is 2.49 bits per heavy atom. The lowest BCUT2D eigenvalue weighted by molar-refractivity contribution is -0.136. The molecule has 0 bridgehead atoms. The average molecular weight is 552 g/mol. The van der Waals surface area contributed by atoms with Gasteiger partial charge in [0, 0.05) is 5.92 Å². The van der Waals surface area contributed by atoms with Crippen LogP contribution in [0.15, 0.2) is 54.1 Å². The number of rotatable bonds is 2. The monoisotopic (exact) mass is 551 g/mol. The zero-order valence-electron chi connectivity index (χ0n) is 20.6. The molecule has 9 nitrogen and oxygen atoms in total. The molecule has 0 aromatic heterocycles. The summed E-state index contributed by atoms with van der Waals surface area (Å²) in [5.41, 5.74) is 5.37. The molecule has 2 aliphatic heterocycles. The topological polar surface area (TPSA) is 138 Å². The second-order valence-electron chi connectivity index (χ2n) is 10.7. The Morgan fingerprint density at radius 2 is 1.82 bits per heavy atom. The zero-order chi connectivity index (χ0) is 28.0. The number of carbonyl (C=O) groups excluding carboxylic acids is 5. The number of aromatic hydroxyl groups is 1. The van der Waals surface area contributed by atoms with Crippen LogP contribution in [0, 0.1) is 34.9 Å². The third-order valence-electron chi connectivity index (χ3n) is 8.86. The van der Waals surface area contributed by atoms with Crippen molar-refractivity contribution in [2.45, 2.75) is 25.7 Å². The summed E-state index contributed by atoms with van der Waals surface area (Å²) in [6, 6.07) is 8.77. The first kappa shape index (κ1) is 25.2. The maximum Gasteiger partial charge on any atom is 0.328 e. The maximum atomic E-state index is 14.2. The standard InChI is InChI=1S/C28H23ClFN3O6/c1-28-18(24(36)32(26(28)38)13-5-8-20(30)19(29)10-13)11-17-15(22(28)12-3-2-4-14(34)9-12)6-7-16-21(17)25(37)33(23(16)35)27(31)39/h2-6,8-10,16-18,21-22,34H,7,11H2,1H3,(H2,31,39). The van der Waals surface area contributed by atoms with E-state index < -0.39 is 70.5 Å². The van der Waals surface area contributed by atoms with Gasteiger partial charge in [-0.2, -0.15) is 4.90 Å². The number of amides is 6. The van der Waals surface area contributed by atoms with Crippen molar-refractivity contribution in [1.29, 1.82) is 0 Å².